The Morgan fingerprint density at radius 3 is 2.35 bits per heavy atom. The number of amides is 2. The number of ether oxygens (including phenoxy) is 1. The van der Waals surface area contributed by atoms with E-state index < -0.39 is 6.09 Å². The molecule has 2 aromatic carbocycles. The molecule has 0 fully saturated rings. The number of hydrogen-bond acceptors (Lipinski definition) is 4. The number of aryl methyl sites for hydroxylation is 2. The van der Waals surface area contributed by atoms with Crippen molar-refractivity contribution < 1.29 is 14.3 Å². The van der Waals surface area contributed by atoms with Crippen LogP contribution in [-0.2, 0) is 9.53 Å². The van der Waals surface area contributed by atoms with Crippen molar-refractivity contribution in [2.24, 2.45) is 0 Å². The Balaban J connectivity index is 1.82. The van der Waals surface area contributed by atoms with Crippen molar-refractivity contribution in [1.29, 1.82) is 0 Å². The summed E-state index contributed by atoms with van der Waals surface area (Å²) in [6.07, 6.45) is -0.314. The molecule has 0 bridgehead atoms. The van der Waals surface area contributed by atoms with E-state index in [4.69, 9.17) is 4.74 Å². The standard InChI is InChI=1S/C20H24N2O3S/c1-4-25-20(24)21-12-11-19(23)22-16-6-9-17(10-7-16)26-18-8-5-14(2)15(3)13-18/h5-10,13H,4,11-12H2,1-3H3,(H,21,24)(H,22,23). The monoisotopic (exact) mass is 372 g/mol. The van der Waals surface area contributed by atoms with Gasteiger partial charge in [0.2, 0.25) is 5.91 Å². The van der Waals surface area contributed by atoms with Crippen LogP contribution >= 0.6 is 11.8 Å². The first-order valence-electron chi connectivity index (χ1n) is 8.53. The molecule has 6 heteroatoms. The molecule has 138 valence electrons. The minimum atomic E-state index is -0.506. The van der Waals surface area contributed by atoms with E-state index in [0.717, 1.165) is 10.6 Å². The average molecular weight is 372 g/mol. The lowest BCUT2D eigenvalue weighted by Crippen LogP contribution is -2.28. The van der Waals surface area contributed by atoms with Crippen molar-refractivity contribution in [1.82, 2.24) is 5.32 Å². The van der Waals surface area contributed by atoms with E-state index >= 15 is 0 Å². The summed E-state index contributed by atoms with van der Waals surface area (Å²) >= 11 is 1.69. The quantitative estimate of drug-likeness (QED) is 0.749. The molecule has 0 aliphatic heterocycles. The van der Waals surface area contributed by atoms with Crippen LogP contribution < -0.4 is 10.6 Å². The molecule has 0 heterocycles. The molecule has 2 amide bonds. The van der Waals surface area contributed by atoms with E-state index in [9.17, 15) is 9.59 Å². The van der Waals surface area contributed by atoms with Gasteiger partial charge in [-0.3, -0.25) is 4.79 Å². The van der Waals surface area contributed by atoms with Crippen molar-refractivity contribution in [2.75, 3.05) is 18.5 Å². The van der Waals surface area contributed by atoms with Gasteiger partial charge in [-0.1, -0.05) is 17.8 Å². The van der Waals surface area contributed by atoms with Gasteiger partial charge in [0.05, 0.1) is 6.61 Å². The number of carbonyl (C=O) groups is 2. The number of benzene rings is 2. The van der Waals surface area contributed by atoms with Crippen molar-refractivity contribution in [2.45, 2.75) is 37.0 Å². The number of alkyl carbamates (subject to hydrolysis) is 1. The number of hydrogen-bond donors (Lipinski definition) is 2. The molecule has 2 aromatic rings. The summed E-state index contributed by atoms with van der Waals surface area (Å²) in [5.74, 6) is -0.156. The molecule has 0 spiro atoms. The van der Waals surface area contributed by atoms with Gasteiger partial charge in [-0.05, 0) is 68.3 Å². The Kier molecular flexibility index (Phi) is 7.53. The van der Waals surface area contributed by atoms with E-state index in [1.807, 2.05) is 24.3 Å². The smallest absolute Gasteiger partial charge is 0.407 e. The third-order valence-corrected chi connectivity index (χ3v) is 4.75. The molecule has 0 radical (unpaired) electrons. The molecule has 5 nitrogen and oxygen atoms in total. The number of carbonyl (C=O) groups excluding carboxylic acids is 2. The Bertz CT molecular complexity index is 760. The van der Waals surface area contributed by atoms with Crippen LogP contribution in [0.15, 0.2) is 52.3 Å². The molecular weight excluding hydrogens is 348 g/mol. The van der Waals surface area contributed by atoms with E-state index in [0.29, 0.717) is 6.61 Å². The molecule has 0 atom stereocenters. The summed E-state index contributed by atoms with van der Waals surface area (Å²) < 4.78 is 4.73. The number of anilines is 1. The predicted molar refractivity (Wildman–Crippen MR) is 105 cm³/mol. The fraction of sp³-hybridized carbons (Fsp3) is 0.300. The average Bonchev–Trinajstić information content (AvgIpc) is 2.60. The molecule has 0 saturated carbocycles. The van der Waals surface area contributed by atoms with Crippen LogP contribution in [0.25, 0.3) is 0 Å². The summed E-state index contributed by atoms with van der Waals surface area (Å²) in [4.78, 5) is 25.3. The van der Waals surface area contributed by atoms with E-state index in [1.54, 1.807) is 18.7 Å². The summed E-state index contributed by atoms with van der Waals surface area (Å²) in [5, 5.41) is 5.33. The lowest BCUT2D eigenvalue weighted by Gasteiger charge is -2.08. The van der Waals surface area contributed by atoms with Crippen LogP contribution in [-0.4, -0.2) is 25.2 Å². The van der Waals surface area contributed by atoms with Crippen LogP contribution in [0, 0.1) is 13.8 Å². The molecule has 2 rings (SSSR count). The second kappa shape index (κ2) is 9.87. The van der Waals surface area contributed by atoms with Crippen molar-refractivity contribution >= 4 is 29.4 Å². The van der Waals surface area contributed by atoms with Gasteiger partial charge in [0.25, 0.3) is 0 Å². The van der Waals surface area contributed by atoms with Gasteiger partial charge in [-0.25, -0.2) is 4.79 Å². The Morgan fingerprint density at radius 2 is 1.69 bits per heavy atom. The molecule has 0 saturated heterocycles. The normalized spacial score (nSPS) is 10.3. The minimum absolute atomic E-state index is 0.156. The molecule has 2 N–H and O–H groups in total. The molecule has 0 aliphatic rings. The van der Waals surface area contributed by atoms with Crippen LogP contribution in [0.3, 0.4) is 0 Å². The van der Waals surface area contributed by atoms with Gasteiger partial charge in [-0.2, -0.15) is 0 Å². The fourth-order valence-corrected chi connectivity index (χ4v) is 3.12. The maximum Gasteiger partial charge on any atom is 0.407 e. The van der Waals surface area contributed by atoms with Gasteiger partial charge in [0, 0.05) is 28.4 Å². The Morgan fingerprint density at radius 1 is 1.00 bits per heavy atom. The summed E-state index contributed by atoms with van der Waals surface area (Å²) in [6.45, 7) is 6.49. The largest absolute Gasteiger partial charge is 0.450 e. The molecule has 0 aromatic heterocycles. The first-order chi connectivity index (χ1) is 12.5. The van der Waals surface area contributed by atoms with Gasteiger partial charge in [0.1, 0.15) is 0 Å². The lowest BCUT2D eigenvalue weighted by atomic mass is 10.1. The first kappa shape index (κ1) is 19.8. The maximum atomic E-state index is 11.9. The zero-order valence-corrected chi connectivity index (χ0v) is 16.1. The first-order valence-corrected chi connectivity index (χ1v) is 9.35. The molecule has 0 unspecified atom stereocenters. The summed E-state index contributed by atoms with van der Waals surface area (Å²) in [6, 6.07) is 14.1. The zero-order chi connectivity index (χ0) is 18.9. The van der Waals surface area contributed by atoms with Crippen molar-refractivity contribution in [3.8, 4) is 0 Å². The Labute approximate surface area is 158 Å². The summed E-state index contributed by atoms with van der Waals surface area (Å²) in [7, 11) is 0. The van der Waals surface area contributed by atoms with Gasteiger partial charge in [0.15, 0.2) is 0 Å². The molecule has 26 heavy (non-hydrogen) atoms. The topological polar surface area (TPSA) is 67.4 Å². The van der Waals surface area contributed by atoms with Crippen molar-refractivity contribution in [3.05, 3.63) is 53.6 Å². The maximum absolute atomic E-state index is 11.9. The highest BCUT2D eigenvalue weighted by Crippen LogP contribution is 2.29. The third kappa shape index (κ3) is 6.44. The summed E-state index contributed by atoms with van der Waals surface area (Å²) in [5.41, 5.74) is 3.29. The minimum Gasteiger partial charge on any atom is -0.450 e. The van der Waals surface area contributed by atoms with Crippen LogP contribution in [0.4, 0.5) is 10.5 Å². The number of rotatable bonds is 7. The zero-order valence-electron chi connectivity index (χ0n) is 15.3. The van der Waals surface area contributed by atoms with Crippen molar-refractivity contribution in [3.63, 3.8) is 0 Å². The lowest BCUT2D eigenvalue weighted by molar-refractivity contribution is -0.116. The second-order valence-corrected chi connectivity index (χ2v) is 6.96. The predicted octanol–water partition coefficient (Wildman–Crippen LogP) is 4.53. The molecule has 0 aliphatic carbocycles. The third-order valence-electron chi connectivity index (χ3n) is 3.75. The highest BCUT2D eigenvalue weighted by molar-refractivity contribution is 7.99. The van der Waals surface area contributed by atoms with E-state index in [1.165, 1.54) is 16.0 Å². The van der Waals surface area contributed by atoms with Gasteiger partial charge < -0.3 is 15.4 Å². The fourth-order valence-electron chi connectivity index (χ4n) is 2.20. The molecular formula is C20H24N2O3S. The van der Waals surface area contributed by atoms with Crippen LogP contribution in [0.2, 0.25) is 0 Å². The highest BCUT2D eigenvalue weighted by atomic mass is 32.2. The number of nitrogens with one attached hydrogen (secondary N) is 2. The van der Waals surface area contributed by atoms with Crippen LogP contribution in [0.1, 0.15) is 24.5 Å². The Hall–Kier alpha value is -2.47. The highest BCUT2D eigenvalue weighted by Gasteiger charge is 2.05. The van der Waals surface area contributed by atoms with Gasteiger partial charge in [-0.15, -0.1) is 0 Å². The van der Waals surface area contributed by atoms with E-state index in [2.05, 4.69) is 42.7 Å². The van der Waals surface area contributed by atoms with Crippen LogP contribution in [0.5, 0.6) is 0 Å². The SMILES string of the molecule is CCOC(=O)NCCC(=O)Nc1ccc(Sc2ccc(C)c(C)c2)cc1. The van der Waals surface area contributed by atoms with Gasteiger partial charge >= 0.3 is 6.09 Å². The second-order valence-electron chi connectivity index (χ2n) is 5.82. The van der Waals surface area contributed by atoms with E-state index in [-0.39, 0.29) is 18.9 Å².